The molecule has 0 bridgehead atoms. The van der Waals surface area contributed by atoms with E-state index >= 15 is 0 Å². The van der Waals surface area contributed by atoms with Gasteiger partial charge in [-0.2, -0.15) is 0 Å². The Hall–Kier alpha value is -2.87. The molecule has 1 N–H and O–H groups in total. The number of anilines is 1. The number of piperazine rings is 1. The lowest BCUT2D eigenvalue weighted by Gasteiger charge is -2.32. The molecular weight excluding hydrogens is 420 g/mol. The number of aromatic nitrogens is 1. The fraction of sp³-hybridized carbons (Fsp3) is 0.320. The van der Waals surface area contributed by atoms with Gasteiger partial charge in [0.05, 0.1) is 12.1 Å². The Morgan fingerprint density at radius 2 is 1.69 bits per heavy atom. The van der Waals surface area contributed by atoms with Gasteiger partial charge in [-0.3, -0.25) is 14.5 Å². The average molecular weight is 449 g/mol. The third kappa shape index (κ3) is 5.88. The van der Waals surface area contributed by atoms with Crippen molar-refractivity contribution in [2.24, 2.45) is 0 Å². The number of amides is 1. The van der Waals surface area contributed by atoms with E-state index in [1.165, 1.54) is 12.5 Å². The molecule has 7 heteroatoms. The summed E-state index contributed by atoms with van der Waals surface area (Å²) in [6, 6.07) is 15.5. The normalized spacial score (nSPS) is 14.9. The lowest BCUT2D eigenvalue weighted by atomic mass is 10.1. The first-order valence-corrected chi connectivity index (χ1v) is 11.7. The van der Waals surface area contributed by atoms with E-state index in [1.807, 2.05) is 5.38 Å². The minimum absolute atomic E-state index is 0.00485. The standard InChI is InChI=1S/C25H28N4O2S/c1-18(30)20-7-9-22(10-8-20)26-24(31)15-23-17-32-25(27-23)21-5-3-19(4-6-21)16-29-13-11-28(2)12-14-29/h3-10,17H,11-16H2,1-2H3,(H,26,31). The quantitative estimate of drug-likeness (QED) is 0.555. The maximum Gasteiger partial charge on any atom is 0.230 e. The molecule has 0 radical (unpaired) electrons. The molecule has 2 aromatic carbocycles. The number of carbonyl (C=O) groups is 2. The predicted octanol–water partition coefficient (Wildman–Crippen LogP) is 3.94. The van der Waals surface area contributed by atoms with Crippen molar-refractivity contribution in [3.05, 3.63) is 70.7 Å². The number of thiazole rings is 1. The third-order valence-corrected chi connectivity index (χ3v) is 6.61. The fourth-order valence-electron chi connectivity index (χ4n) is 3.70. The number of nitrogens with zero attached hydrogens (tertiary/aromatic N) is 3. The van der Waals surface area contributed by atoms with E-state index in [0.29, 0.717) is 11.3 Å². The second kappa shape index (κ2) is 10.2. The number of rotatable bonds is 7. The maximum absolute atomic E-state index is 12.4. The number of Topliss-reactive ketones (excluding diaryl/α,β-unsaturated/α-hetero) is 1. The molecule has 6 nitrogen and oxygen atoms in total. The molecular formula is C25H28N4O2S. The van der Waals surface area contributed by atoms with Crippen LogP contribution < -0.4 is 5.32 Å². The van der Waals surface area contributed by atoms with Crippen LogP contribution in [0.15, 0.2) is 53.9 Å². The van der Waals surface area contributed by atoms with E-state index < -0.39 is 0 Å². The first kappa shape index (κ1) is 22.3. The molecule has 0 spiro atoms. The maximum atomic E-state index is 12.4. The van der Waals surface area contributed by atoms with Crippen LogP contribution in [-0.2, 0) is 17.8 Å². The molecule has 1 saturated heterocycles. The van der Waals surface area contributed by atoms with Crippen LogP contribution in [0.2, 0.25) is 0 Å². The zero-order chi connectivity index (χ0) is 22.5. The summed E-state index contributed by atoms with van der Waals surface area (Å²) in [4.78, 5) is 33.2. The molecule has 1 aliphatic rings. The zero-order valence-electron chi connectivity index (χ0n) is 18.5. The van der Waals surface area contributed by atoms with Gasteiger partial charge in [0.1, 0.15) is 5.01 Å². The van der Waals surface area contributed by atoms with Crippen molar-refractivity contribution >= 4 is 28.7 Å². The summed E-state index contributed by atoms with van der Waals surface area (Å²) in [5.74, 6) is -0.120. The minimum atomic E-state index is -0.125. The van der Waals surface area contributed by atoms with Crippen LogP contribution in [0.5, 0.6) is 0 Å². The molecule has 166 valence electrons. The van der Waals surface area contributed by atoms with Gasteiger partial charge in [0.2, 0.25) is 5.91 Å². The van der Waals surface area contributed by atoms with E-state index in [4.69, 9.17) is 0 Å². The van der Waals surface area contributed by atoms with E-state index in [9.17, 15) is 9.59 Å². The number of likely N-dealkylation sites (N-methyl/N-ethyl adjacent to an activating group) is 1. The monoisotopic (exact) mass is 448 g/mol. The average Bonchev–Trinajstić information content (AvgIpc) is 3.24. The van der Waals surface area contributed by atoms with Gasteiger partial charge in [-0.25, -0.2) is 4.98 Å². The van der Waals surface area contributed by atoms with Crippen LogP contribution in [0.3, 0.4) is 0 Å². The lowest BCUT2D eigenvalue weighted by Crippen LogP contribution is -2.43. The predicted molar refractivity (Wildman–Crippen MR) is 129 cm³/mol. The van der Waals surface area contributed by atoms with E-state index in [-0.39, 0.29) is 18.1 Å². The largest absolute Gasteiger partial charge is 0.326 e. The van der Waals surface area contributed by atoms with Crippen molar-refractivity contribution in [1.29, 1.82) is 0 Å². The number of carbonyl (C=O) groups excluding carboxylic acids is 2. The Bertz CT molecular complexity index is 1070. The number of ketones is 1. The van der Waals surface area contributed by atoms with Crippen LogP contribution in [0.4, 0.5) is 5.69 Å². The molecule has 0 saturated carbocycles. The lowest BCUT2D eigenvalue weighted by molar-refractivity contribution is -0.115. The van der Waals surface area contributed by atoms with Crippen LogP contribution in [0, 0.1) is 0 Å². The van der Waals surface area contributed by atoms with Crippen molar-refractivity contribution in [2.45, 2.75) is 19.9 Å². The molecule has 1 aromatic heterocycles. The molecule has 1 fully saturated rings. The highest BCUT2D eigenvalue weighted by Crippen LogP contribution is 2.25. The van der Waals surface area contributed by atoms with Crippen molar-refractivity contribution < 1.29 is 9.59 Å². The second-order valence-corrected chi connectivity index (χ2v) is 9.14. The van der Waals surface area contributed by atoms with Crippen molar-refractivity contribution in [2.75, 3.05) is 38.5 Å². The first-order chi connectivity index (χ1) is 15.5. The third-order valence-electron chi connectivity index (χ3n) is 5.67. The Morgan fingerprint density at radius 1 is 1.00 bits per heavy atom. The van der Waals surface area contributed by atoms with Gasteiger partial charge in [-0.15, -0.1) is 11.3 Å². The number of hydrogen-bond acceptors (Lipinski definition) is 6. The summed E-state index contributed by atoms with van der Waals surface area (Å²) in [7, 11) is 2.17. The highest BCUT2D eigenvalue weighted by Gasteiger charge is 2.14. The van der Waals surface area contributed by atoms with Gasteiger partial charge in [0, 0.05) is 54.9 Å². The Kier molecular flexibility index (Phi) is 7.09. The zero-order valence-corrected chi connectivity index (χ0v) is 19.3. The van der Waals surface area contributed by atoms with Gasteiger partial charge in [-0.05, 0) is 43.8 Å². The van der Waals surface area contributed by atoms with Gasteiger partial charge >= 0.3 is 0 Å². The summed E-state index contributed by atoms with van der Waals surface area (Å²) in [6.07, 6.45) is 0.215. The van der Waals surface area contributed by atoms with Gasteiger partial charge in [0.25, 0.3) is 0 Å². The second-order valence-electron chi connectivity index (χ2n) is 8.28. The van der Waals surface area contributed by atoms with Crippen LogP contribution in [0.25, 0.3) is 10.6 Å². The summed E-state index contributed by atoms with van der Waals surface area (Å²) in [5, 5.41) is 5.72. The minimum Gasteiger partial charge on any atom is -0.326 e. The van der Waals surface area contributed by atoms with Gasteiger partial charge in [-0.1, -0.05) is 24.3 Å². The SMILES string of the molecule is CC(=O)c1ccc(NC(=O)Cc2csc(-c3ccc(CN4CCN(C)CC4)cc3)n2)cc1. The number of nitrogens with one attached hydrogen (secondary N) is 1. The molecule has 1 aliphatic heterocycles. The summed E-state index contributed by atoms with van der Waals surface area (Å²) >= 11 is 1.55. The van der Waals surface area contributed by atoms with E-state index in [2.05, 4.69) is 51.4 Å². The topological polar surface area (TPSA) is 65.5 Å². The van der Waals surface area contributed by atoms with E-state index in [0.717, 1.165) is 49.0 Å². The van der Waals surface area contributed by atoms with Gasteiger partial charge in [0.15, 0.2) is 5.78 Å². The van der Waals surface area contributed by atoms with Crippen LogP contribution in [0.1, 0.15) is 28.5 Å². The Morgan fingerprint density at radius 3 is 2.34 bits per heavy atom. The number of benzene rings is 2. The fourth-order valence-corrected chi connectivity index (χ4v) is 4.52. The summed E-state index contributed by atoms with van der Waals surface area (Å²) in [6.45, 7) is 6.96. The molecule has 1 amide bonds. The number of hydrogen-bond donors (Lipinski definition) is 1. The summed E-state index contributed by atoms with van der Waals surface area (Å²) < 4.78 is 0. The first-order valence-electron chi connectivity index (χ1n) is 10.8. The molecule has 4 rings (SSSR count). The van der Waals surface area contributed by atoms with Crippen LogP contribution >= 0.6 is 11.3 Å². The Labute approximate surface area is 192 Å². The molecule has 0 unspecified atom stereocenters. The van der Waals surface area contributed by atoms with E-state index in [1.54, 1.807) is 35.6 Å². The highest BCUT2D eigenvalue weighted by atomic mass is 32.1. The molecule has 2 heterocycles. The van der Waals surface area contributed by atoms with Crippen molar-refractivity contribution in [1.82, 2.24) is 14.8 Å². The molecule has 3 aromatic rings. The summed E-state index contributed by atoms with van der Waals surface area (Å²) in [5.41, 5.74) is 4.44. The highest BCUT2D eigenvalue weighted by molar-refractivity contribution is 7.13. The van der Waals surface area contributed by atoms with Crippen molar-refractivity contribution in [3.8, 4) is 10.6 Å². The Balaban J connectivity index is 1.32. The molecule has 0 aliphatic carbocycles. The smallest absolute Gasteiger partial charge is 0.230 e. The van der Waals surface area contributed by atoms with Crippen molar-refractivity contribution in [3.63, 3.8) is 0 Å². The van der Waals surface area contributed by atoms with Gasteiger partial charge < -0.3 is 10.2 Å². The molecule has 32 heavy (non-hydrogen) atoms. The molecule has 0 atom stereocenters. The van der Waals surface area contributed by atoms with Crippen LogP contribution in [-0.4, -0.2) is 59.7 Å².